The number of rotatable bonds is 22. The molecule has 93 heavy (non-hydrogen) atoms. The molecule has 4 amide bonds. The number of aromatic nitrogens is 2. The molecule has 9 rings (SSSR count). The number of thiophene rings is 2. The Morgan fingerprint density at radius 1 is 0.785 bits per heavy atom. The Morgan fingerprint density at radius 3 is 1.90 bits per heavy atom. The smallest absolute Gasteiger partial charge is 0.419 e. The second kappa shape index (κ2) is 33.2. The summed E-state index contributed by atoms with van der Waals surface area (Å²) in [4.78, 5) is 79.1. The number of halogens is 9. The maximum Gasteiger partial charge on any atom is 0.419 e. The highest BCUT2D eigenvalue weighted by molar-refractivity contribution is 9.11. The lowest BCUT2D eigenvalue weighted by Crippen LogP contribution is -2.52. The van der Waals surface area contributed by atoms with Crippen LogP contribution in [0.4, 0.5) is 47.4 Å². The molecule has 2 atom stereocenters. The number of methoxy groups -OCH3 is 1. The van der Waals surface area contributed by atoms with E-state index in [4.69, 9.17) is 24.7 Å². The molecule has 1 aliphatic rings. The van der Waals surface area contributed by atoms with Crippen molar-refractivity contribution in [1.29, 1.82) is 0 Å². The summed E-state index contributed by atoms with van der Waals surface area (Å²) >= 11 is 12.5. The number of nitrogens with two attached hydrogens (primary N) is 1. The number of carboxylic acid groups (broad SMARTS) is 1. The number of nitrogens with zero attached hydrogens (tertiary/aromatic N) is 3. The molecule has 0 saturated carbocycles. The normalized spacial score (nSPS) is 13.3. The van der Waals surface area contributed by atoms with Crippen LogP contribution in [0.25, 0.3) is 10.4 Å². The standard InChI is InChI=1S/C23H23BrF2N2O4S.C23H19BrF2N2O4.C19H15BrF2N2O3S/c1-2-3-17-19(11-28(23(30)31)8-6-14-7-9-33-13-14)27-22(29)20(24)21(17)32-12-15-4-5-16(25)10-18(15)26;1-3-11-27-20(28(23(30)31-2)17-7-5-4-6-8-17)13-19(21(24)22(27)29)32-14-15-9-10-16(25)12-18(15)26;1-8-7-28-17(13(8)18(23)25)14-9(2)24-19(26)15(20)16(14)27-6-10-3-4-11(21)5-12(10)22/h2,4-5,7,9-10,13,19-20H,1,3,6,8,11-12H2,(H,27,29)(H,30,31);3-10,12-13H,1,11,14H2,2H3;3-5,7H,6H2,1-2H3,(H2,23,25)(H,24,26). The predicted octanol–water partition coefficient (Wildman–Crippen LogP) is 14.9. The molecule has 2 unspecified atom stereocenters. The van der Waals surface area contributed by atoms with Crippen molar-refractivity contribution in [3.63, 3.8) is 0 Å². The lowest BCUT2D eigenvalue weighted by Gasteiger charge is -2.34. The maximum atomic E-state index is 14.0. The molecular formula is C65H57Br3F6N6O11S2. The molecule has 0 aliphatic carbocycles. The number of benzene rings is 4. The lowest BCUT2D eigenvalue weighted by atomic mass is 9.96. The monoisotopic (exact) mass is 1510 g/mol. The number of pyridine rings is 2. The van der Waals surface area contributed by atoms with Gasteiger partial charge in [-0.15, -0.1) is 24.5 Å². The van der Waals surface area contributed by atoms with Gasteiger partial charge in [-0.05, 0) is 146 Å². The molecule has 0 radical (unpaired) electrons. The number of aromatic amines is 1. The highest BCUT2D eigenvalue weighted by Gasteiger charge is 2.37. The number of H-pyrrole nitrogens is 1. The van der Waals surface area contributed by atoms with E-state index in [9.17, 15) is 60.2 Å². The van der Waals surface area contributed by atoms with Gasteiger partial charge < -0.3 is 45.0 Å². The number of hydrogen-bond acceptors (Lipinski definition) is 12. The van der Waals surface area contributed by atoms with Crippen molar-refractivity contribution >= 4 is 106 Å². The molecule has 5 N–H and O–H groups in total. The van der Waals surface area contributed by atoms with Crippen molar-refractivity contribution in [3.8, 4) is 21.9 Å². The molecule has 28 heteroatoms. The molecule has 4 aromatic carbocycles. The summed E-state index contributed by atoms with van der Waals surface area (Å²) in [5.41, 5.74) is 9.02. The summed E-state index contributed by atoms with van der Waals surface area (Å²) in [5, 5.41) is 18.2. The third-order valence-corrected chi connectivity index (χ3v) is 18.0. The number of primary amides is 1. The van der Waals surface area contributed by atoms with Gasteiger partial charge in [-0.1, -0.05) is 46.3 Å². The Kier molecular flexibility index (Phi) is 25.6. The molecule has 1 aliphatic heterocycles. The van der Waals surface area contributed by atoms with Crippen molar-refractivity contribution in [2.24, 2.45) is 5.73 Å². The molecule has 4 aromatic heterocycles. The van der Waals surface area contributed by atoms with E-state index in [1.807, 2.05) is 16.8 Å². The Balaban J connectivity index is 0.000000198. The first kappa shape index (κ1) is 71.7. The summed E-state index contributed by atoms with van der Waals surface area (Å²) in [7, 11) is 1.22. The van der Waals surface area contributed by atoms with Crippen molar-refractivity contribution in [2.75, 3.05) is 25.1 Å². The summed E-state index contributed by atoms with van der Waals surface area (Å²) in [5.74, 6) is -4.76. The third kappa shape index (κ3) is 18.1. The van der Waals surface area contributed by atoms with Crippen LogP contribution in [-0.2, 0) is 47.1 Å². The Hall–Kier alpha value is -8.70. The molecule has 0 fully saturated rings. The number of aryl methyl sites for hydroxylation is 2. The second-order valence-electron chi connectivity index (χ2n) is 20.1. The maximum absolute atomic E-state index is 14.0. The van der Waals surface area contributed by atoms with E-state index >= 15 is 0 Å². The third-order valence-electron chi connectivity index (χ3n) is 13.8. The summed E-state index contributed by atoms with van der Waals surface area (Å²) < 4.78 is 105. The van der Waals surface area contributed by atoms with Gasteiger partial charge in [-0.25, -0.2) is 40.8 Å². The summed E-state index contributed by atoms with van der Waals surface area (Å²) in [6.07, 6.45) is 2.17. The van der Waals surface area contributed by atoms with Crippen LogP contribution in [0.15, 0.2) is 168 Å². The number of carbonyl (C=O) groups excluding carboxylic acids is 3. The van der Waals surface area contributed by atoms with Crippen LogP contribution in [0.5, 0.6) is 11.5 Å². The summed E-state index contributed by atoms with van der Waals surface area (Å²) in [6, 6.07) is 20.8. The zero-order valence-electron chi connectivity index (χ0n) is 49.5. The molecule has 488 valence electrons. The molecule has 5 heterocycles. The minimum Gasteiger partial charge on any atom is -0.491 e. The van der Waals surface area contributed by atoms with Gasteiger partial charge in [0.05, 0.1) is 34.8 Å². The minimum atomic E-state index is -1.10. The zero-order chi connectivity index (χ0) is 67.8. The van der Waals surface area contributed by atoms with Gasteiger partial charge >= 0.3 is 12.2 Å². The van der Waals surface area contributed by atoms with Crippen LogP contribution in [0.1, 0.15) is 50.3 Å². The Bertz CT molecular complexity index is 4230. The van der Waals surface area contributed by atoms with E-state index in [2.05, 4.69) is 71.2 Å². The SMILES string of the molecule is C=CCC1=C(OCc2ccc(F)cc2F)C(Br)C(=O)NC1CN(CCc1ccsc1)C(=O)O.C=CCn1c(N(C(=O)OC)c2ccccc2)cc(OCc2ccc(F)cc2F)c(Br)c1=O.Cc1csc(-c2c(C)[nH]c(=O)c(Br)c2OCc2ccc(F)cc2F)c1C(N)=O. The van der Waals surface area contributed by atoms with E-state index in [-0.39, 0.29) is 88.2 Å². The van der Waals surface area contributed by atoms with Gasteiger partial charge in [0.2, 0.25) is 11.8 Å². The topological polar surface area (TPSA) is 225 Å². The second-order valence-corrected chi connectivity index (χ2v) is 24.3. The fraction of sp³-hybridized carbons (Fsp3) is 0.200. The van der Waals surface area contributed by atoms with Crippen LogP contribution >= 0.6 is 70.5 Å². The Morgan fingerprint density at radius 2 is 1.38 bits per heavy atom. The minimum absolute atomic E-state index is 0.0197. The van der Waals surface area contributed by atoms with Gasteiger partial charge in [0, 0.05) is 66.3 Å². The summed E-state index contributed by atoms with van der Waals surface area (Å²) in [6.45, 7) is 10.5. The van der Waals surface area contributed by atoms with Gasteiger partial charge in [0.15, 0.2) is 4.83 Å². The fourth-order valence-corrected chi connectivity index (χ4v) is 12.5. The number of ether oxygens (including phenoxy) is 4. The number of para-hydroxylation sites is 1. The fourth-order valence-electron chi connectivity index (χ4n) is 9.26. The first-order valence-electron chi connectivity index (χ1n) is 27.6. The average molecular weight is 1520 g/mol. The first-order chi connectivity index (χ1) is 44.4. The van der Waals surface area contributed by atoms with E-state index in [1.165, 1.54) is 74.5 Å². The number of alkyl halides is 1. The van der Waals surface area contributed by atoms with Crippen molar-refractivity contribution in [2.45, 2.75) is 63.9 Å². The number of allylic oxidation sites excluding steroid dienone is 2. The van der Waals surface area contributed by atoms with Crippen LogP contribution in [-0.4, -0.2) is 74.6 Å². The van der Waals surface area contributed by atoms with Gasteiger partial charge in [0.25, 0.3) is 11.1 Å². The van der Waals surface area contributed by atoms with E-state index < -0.39 is 80.9 Å². The molecular weight excluding hydrogens is 1460 g/mol. The molecule has 0 saturated heterocycles. The lowest BCUT2D eigenvalue weighted by molar-refractivity contribution is -0.121. The number of hydrogen-bond donors (Lipinski definition) is 4. The van der Waals surface area contributed by atoms with Crippen molar-refractivity contribution < 1.29 is 69.6 Å². The van der Waals surface area contributed by atoms with Gasteiger partial charge in [-0.3, -0.25) is 23.7 Å². The largest absolute Gasteiger partial charge is 0.491 e. The molecule has 0 bridgehead atoms. The number of amides is 4. The van der Waals surface area contributed by atoms with E-state index in [0.29, 0.717) is 51.4 Å². The average Bonchev–Trinajstić information content (AvgIpc) is 1.76. The number of carbonyl (C=O) groups is 4. The molecule has 17 nitrogen and oxygen atoms in total. The van der Waals surface area contributed by atoms with Gasteiger partial charge in [0.1, 0.15) is 86.7 Å². The van der Waals surface area contributed by atoms with E-state index in [0.717, 1.165) is 42.0 Å². The molecule has 8 aromatic rings. The van der Waals surface area contributed by atoms with E-state index in [1.54, 1.807) is 55.6 Å². The van der Waals surface area contributed by atoms with Crippen molar-refractivity contribution in [1.82, 2.24) is 19.8 Å². The Labute approximate surface area is 561 Å². The predicted molar refractivity (Wildman–Crippen MR) is 352 cm³/mol. The van der Waals surface area contributed by atoms with Crippen LogP contribution in [0.2, 0.25) is 0 Å². The van der Waals surface area contributed by atoms with Crippen molar-refractivity contribution in [3.05, 3.63) is 253 Å². The quantitative estimate of drug-likeness (QED) is 0.0284. The number of anilines is 2. The zero-order valence-corrected chi connectivity index (χ0v) is 55.9. The van der Waals surface area contributed by atoms with Crippen LogP contribution < -0.4 is 36.5 Å². The first-order valence-corrected chi connectivity index (χ1v) is 31.9. The highest BCUT2D eigenvalue weighted by atomic mass is 79.9. The van der Waals surface area contributed by atoms with Crippen LogP contribution in [0.3, 0.4) is 0 Å². The van der Waals surface area contributed by atoms with Gasteiger partial charge in [-0.2, -0.15) is 11.3 Å². The van der Waals surface area contributed by atoms with Crippen LogP contribution in [0, 0.1) is 48.8 Å². The molecule has 0 spiro atoms. The number of nitrogens with one attached hydrogen (secondary N) is 2. The highest BCUT2D eigenvalue weighted by Crippen LogP contribution is 2.43.